The topological polar surface area (TPSA) is 353 Å². The third kappa shape index (κ3) is 42.8. The molecule has 20 heteroatoms. The van der Waals surface area contributed by atoms with Gasteiger partial charge in [-0.05, 0) is 38.5 Å². The van der Waals surface area contributed by atoms with E-state index < -0.39 is 51.9 Å². The molecular formula is C12H27N3O16Yb+. The first-order valence-electron chi connectivity index (χ1n) is 8.09. The first-order chi connectivity index (χ1) is 13.6. The summed E-state index contributed by atoms with van der Waals surface area (Å²) in [5.41, 5.74) is 0. The molecule has 0 aromatic rings. The van der Waals surface area contributed by atoms with Crippen molar-refractivity contribution < 1.29 is 98.3 Å². The van der Waals surface area contributed by atoms with E-state index in [1.807, 2.05) is 0 Å². The van der Waals surface area contributed by atoms with Crippen LogP contribution >= 0.6 is 0 Å². The Balaban J connectivity index is -0.0000000994. The van der Waals surface area contributed by atoms with Gasteiger partial charge in [-0.15, -0.1) is 0 Å². The SMILES string of the molecule is O=[N+]([O-])[O-].O=[N+]([O-])[O-].O=[N+]([O-])[O-].OC1CC(O)CC(O)C1.OC1CC(O)CC(O)C1.[OH3+].[Yb+3]. The maximum Gasteiger partial charge on any atom is 3.00 e. The van der Waals surface area contributed by atoms with Crippen molar-refractivity contribution in [3.63, 3.8) is 0 Å². The molecule has 2 saturated carbocycles. The van der Waals surface area contributed by atoms with Gasteiger partial charge in [-0.3, -0.25) is 0 Å². The fourth-order valence-corrected chi connectivity index (χ4v) is 2.46. The summed E-state index contributed by atoms with van der Waals surface area (Å²) in [5, 5.41) is 97.8. The van der Waals surface area contributed by atoms with Crippen molar-refractivity contribution in [2.45, 2.75) is 75.1 Å². The Kier molecular flexibility index (Phi) is 31.5. The summed E-state index contributed by atoms with van der Waals surface area (Å²) in [5.74, 6) is 0. The maximum atomic E-state index is 8.93. The molecule has 0 atom stereocenters. The zero-order valence-electron chi connectivity index (χ0n) is 16.3. The molecular weight excluding hydrogens is 615 g/mol. The van der Waals surface area contributed by atoms with Crippen LogP contribution in [0.3, 0.4) is 0 Å². The van der Waals surface area contributed by atoms with E-state index in [1.54, 1.807) is 0 Å². The van der Waals surface area contributed by atoms with Crippen LogP contribution in [0.2, 0.25) is 0 Å². The molecule has 2 aliphatic rings. The smallest absolute Gasteiger partial charge is 0.457 e. The number of hydrogen-bond donors (Lipinski definition) is 6. The van der Waals surface area contributed by atoms with Crippen molar-refractivity contribution in [1.82, 2.24) is 0 Å². The van der Waals surface area contributed by atoms with E-state index in [0.29, 0.717) is 38.5 Å². The van der Waals surface area contributed by atoms with E-state index >= 15 is 0 Å². The molecule has 0 unspecified atom stereocenters. The molecule has 9 N–H and O–H groups in total. The maximum absolute atomic E-state index is 8.93. The summed E-state index contributed by atoms with van der Waals surface area (Å²) in [6.07, 6.45) is -0.580. The van der Waals surface area contributed by atoms with Crippen LogP contribution < -0.4 is 0 Å². The van der Waals surface area contributed by atoms with Gasteiger partial charge in [0.2, 0.25) is 0 Å². The molecule has 1 radical (unpaired) electrons. The van der Waals surface area contributed by atoms with E-state index in [2.05, 4.69) is 0 Å². The number of hydrogen-bond acceptors (Lipinski definition) is 15. The van der Waals surface area contributed by atoms with Crippen LogP contribution in [0.4, 0.5) is 0 Å². The van der Waals surface area contributed by atoms with Gasteiger partial charge in [-0.25, -0.2) is 0 Å². The minimum Gasteiger partial charge on any atom is -0.457 e. The molecule has 0 heterocycles. The summed E-state index contributed by atoms with van der Waals surface area (Å²) in [6, 6.07) is 0. The average Bonchev–Trinajstić information content (AvgIpc) is 2.42. The van der Waals surface area contributed by atoms with Crippen molar-refractivity contribution in [3.05, 3.63) is 46.0 Å². The van der Waals surface area contributed by atoms with Crippen molar-refractivity contribution >= 4 is 0 Å². The van der Waals surface area contributed by atoms with Gasteiger partial charge in [0.25, 0.3) is 0 Å². The molecule has 2 aliphatic carbocycles. The molecule has 0 saturated heterocycles. The van der Waals surface area contributed by atoms with Crippen LogP contribution in [-0.2, 0) is 5.48 Å². The van der Waals surface area contributed by atoms with E-state index in [-0.39, 0.29) is 52.4 Å². The van der Waals surface area contributed by atoms with Gasteiger partial charge < -0.3 is 82.1 Å². The number of aliphatic hydroxyl groups excluding tert-OH is 6. The molecule has 199 valence electrons. The molecule has 0 aromatic carbocycles. The van der Waals surface area contributed by atoms with Crippen LogP contribution in [-0.4, -0.2) is 82.5 Å². The molecule has 0 bridgehead atoms. The second-order valence-corrected chi connectivity index (χ2v) is 6.01. The van der Waals surface area contributed by atoms with Gasteiger partial charge in [-0.2, -0.15) is 0 Å². The van der Waals surface area contributed by atoms with Gasteiger partial charge in [0.1, 0.15) is 0 Å². The Labute approximate surface area is 218 Å². The van der Waals surface area contributed by atoms with Crippen LogP contribution in [0.5, 0.6) is 0 Å². The predicted molar refractivity (Wildman–Crippen MR) is 99.7 cm³/mol. The summed E-state index contributed by atoms with van der Waals surface area (Å²) in [7, 11) is 0. The van der Waals surface area contributed by atoms with Crippen LogP contribution in [0.15, 0.2) is 0 Å². The van der Waals surface area contributed by atoms with Gasteiger partial charge in [-0.1, -0.05) is 0 Å². The van der Waals surface area contributed by atoms with Crippen molar-refractivity contribution in [2.75, 3.05) is 0 Å². The first kappa shape index (κ1) is 41.1. The third-order valence-corrected chi connectivity index (χ3v) is 3.26. The summed E-state index contributed by atoms with van der Waals surface area (Å²) < 4.78 is 0. The van der Waals surface area contributed by atoms with E-state index in [4.69, 9.17) is 76.6 Å². The molecule has 32 heavy (non-hydrogen) atoms. The quantitative estimate of drug-likeness (QED) is 0.0864. The van der Waals surface area contributed by atoms with Crippen molar-refractivity contribution in [1.29, 1.82) is 0 Å². The summed E-state index contributed by atoms with van der Waals surface area (Å²) in [6.45, 7) is 0. The molecule has 0 aromatic heterocycles. The molecule has 0 aliphatic heterocycles. The minimum atomic E-state index is -1.75. The normalized spacial score (nSPS) is 27.6. The molecule has 2 fully saturated rings. The first-order valence-corrected chi connectivity index (χ1v) is 8.09. The molecule has 0 spiro atoms. The van der Waals surface area contributed by atoms with Gasteiger partial charge in [0.05, 0.1) is 51.9 Å². The van der Waals surface area contributed by atoms with Crippen molar-refractivity contribution in [3.8, 4) is 0 Å². The van der Waals surface area contributed by atoms with Gasteiger partial charge in [0, 0.05) is 0 Å². The van der Waals surface area contributed by atoms with E-state index in [1.165, 1.54) is 0 Å². The molecule has 19 nitrogen and oxygen atoms in total. The second-order valence-electron chi connectivity index (χ2n) is 6.01. The monoisotopic (exact) mass is 643 g/mol. The Bertz CT molecular complexity index is 375. The Morgan fingerprint density at radius 2 is 0.500 bits per heavy atom. The Hall–Kier alpha value is -1.16. The third-order valence-electron chi connectivity index (χ3n) is 3.26. The summed E-state index contributed by atoms with van der Waals surface area (Å²) in [4.78, 5) is 24.8. The van der Waals surface area contributed by atoms with E-state index in [0.717, 1.165) is 0 Å². The summed E-state index contributed by atoms with van der Waals surface area (Å²) >= 11 is 0. The standard InChI is InChI=1S/2C6H12O3.3NO3.H2O.Yb/c2*7-4-1-5(8)3-6(9)2-4;3*2-1(3)4;;/h2*4-9H,1-3H2;;;;1H2;/q;;3*-1;;+3/p+1. The largest absolute Gasteiger partial charge is 3.00 e. The molecule has 2 rings (SSSR count). The zero-order valence-corrected chi connectivity index (χ0v) is 18.0. The Morgan fingerprint density at radius 3 is 0.562 bits per heavy atom. The van der Waals surface area contributed by atoms with Crippen LogP contribution in [0.1, 0.15) is 38.5 Å². The average molecular weight is 642 g/mol. The molecule has 0 amide bonds. The Morgan fingerprint density at radius 1 is 0.438 bits per heavy atom. The van der Waals surface area contributed by atoms with Crippen LogP contribution in [0, 0.1) is 92.9 Å². The number of rotatable bonds is 0. The number of nitrogens with zero attached hydrogens (tertiary/aromatic N) is 3. The van der Waals surface area contributed by atoms with Gasteiger partial charge >= 0.3 is 46.9 Å². The zero-order chi connectivity index (χ0) is 24.4. The second kappa shape index (κ2) is 24.5. The van der Waals surface area contributed by atoms with E-state index in [9.17, 15) is 0 Å². The number of aliphatic hydroxyl groups is 6. The van der Waals surface area contributed by atoms with Crippen molar-refractivity contribution in [2.24, 2.45) is 0 Å². The predicted octanol–water partition coefficient (Wildman–Crippen LogP) is -3.13. The fraction of sp³-hybridized carbons (Fsp3) is 1.00. The van der Waals surface area contributed by atoms with Gasteiger partial charge in [0.15, 0.2) is 0 Å². The minimum absolute atomic E-state index is 0. The fourth-order valence-electron chi connectivity index (χ4n) is 2.46. The van der Waals surface area contributed by atoms with Crippen LogP contribution in [0.25, 0.3) is 0 Å².